The van der Waals surface area contributed by atoms with Crippen molar-refractivity contribution in [3.05, 3.63) is 0 Å². The number of hydrogen-bond donors (Lipinski definition) is 1. The SMILES string of the molecule is CCNC1CCCN(CC2CCCN2C)C1. The van der Waals surface area contributed by atoms with Gasteiger partial charge in [-0.2, -0.15) is 0 Å². The number of piperidine rings is 1. The summed E-state index contributed by atoms with van der Waals surface area (Å²) in [4.78, 5) is 5.21. The van der Waals surface area contributed by atoms with Gasteiger partial charge in [-0.25, -0.2) is 0 Å². The molecule has 2 saturated heterocycles. The highest BCUT2D eigenvalue weighted by molar-refractivity contribution is 4.84. The second-order valence-electron chi connectivity index (χ2n) is 5.43. The molecule has 0 spiro atoms. The molecular formula is C13H27N3. The van der Waals surface area contributed by atoms with E-state index in [1.165, 1.54) is 51.9 Å². The molecule has 2 unspecified atom stereocenters. The van der Waals surface area contributed by atoms with Gasteiger partial charge < -0.3 is 15.1 Å². The van der Waals surface area contributed by atoms with E-state index in [0.29, 0.717) is 0 Å². The maximum absolute atomic E-state index is 3.60. The first-order valence-electron chi connectivity index (χ1n) is 6.95. The van der Waals surface area contributed by atoms with E-state index in [-0.39, 0.29) is 0 Å². The molecule has 2 aliphatic heterocycles. The van der Waals surface area contributed by atoms with Crippen molar-refractivity contribution in [1.29, 1.82) is 0 Å². The fourth-order valence-electron chi connectivity index (χ4n) is 3.18. The van der Waals surface area contributed by atoms with Crippen LogP contribution in [0.2, 0.25) is 0 Å². The summed E-state index contributed by atoms with van der Waals surface area (Å²) in [5, 5.41) is 3.60. The quantitative estimate of drug-likeness (QED) is 0.774. The lowest BCUT2D eigenvalue weighted by molar-refractivity contribution is 0.148. The number of rotatable bonds is 4. The van der Waals surface area contributed by atoms with Gasteiger partial charge in [0.2, 0.25) is 0 Å². The standard InChI is InChI=1S/C13H27N3/c1-3-14-12-6-4-9-16(10-12)11-13-7-5-8-15(13)2/h12-14H,3-11H2,1-2H3. The van der Waals surface area contributed by atoms with Crippen molar-refractivity contribution in [2.75, 3.05) is 39.8 Å². The van der Waals surface area contributed by atoms with Gasteiger partial charge in [-0.15, -0.1) is 0 Å². The van der Waals surface area contributed by atoms with Crippen LogP contribution in [0.25, 0.3) is 0 Å². The van der Waals surface area contributed by atoms with Crippen LogP contribution < -0.4 is 5.32 Å². The summed E-state index contributed by atoms with van der Waals surface area (Å²) < 4.78 is 0. The average molecular weight is 225 g/mol. The van der Waals surface area contributed by atoms with Crippen LogP contribution in [0.3, 0.4) is 0 Å². The van der Waals surface area contributed by atoms with Crippen molar-refractivity contribution in [2.45, 2.75) is 44.7 Å². The van der Waals surface area contributed by atoms with Gasteiger partial charge in [0.1, 0.15) is 0 Å². The van der Waals surface area contributed by atoms with Gasteiger partial charge in [0.05, 0.1) is 0 Å². The van der Waals surface area contributed by atoms with E-state index in [9.17, 15) is 0 Å². The van der Waals surface area contributed by atoms with Crippen LogP contribution in [-0.2, 0) is 0 Å². The first-order valence-corrected chi connectivity index (χ1v) is 6.95. The van der Waals surface area contributed by atoms with Crippen LogP contribution >= 0.6 is 0 Å². The first-order chi connectivity index (χ1) is 7.79. The summed E-state index contributed by atoms with van der Waals surface area (Å²) >= 11 is 0. The molecule has 2 rings (SSSR count). The van der Waals surface area contributed by atoms with E-state index in [0.717, 1.165) is 18.6 Å². The van der Waals surface area contributed by atoms with Gasteiger partial charge in [-0.05, 0) is 52.4 Å². The van der Waals surface area contributed by atoms with Gasteiger partial charge in [0.15, 0.2) is 0 Å². The summed E-state index contributed by atoms with van der Waals surface area (Å²) in [5.41, 5.74) is 0. The molecule has 3 heteroatoms. The molecule has 2 heterocycles. The third-order valence-electron chi connectivity index (χ3n) is 4.14. The lowest BCUT2D eigenvalue weighted by Gasteiger charge is -2.35. The van der Waals surface area contributed by atoms with E-state index in [1.54, 1.807) is 0 Å². The van der Waals surface area contributed by atoms with Crippen LogP contribution in [0.15, 0.2) is 0 Å². The molecule has 0 radical (unpaired) electrons. The highest BCUT2D eigenvalue weighted by Gasteiger charge is 2.26. The molecule has 0 aromatic heterocycles. The Labute approximate surface area is 100 Å². The second kappa shape index (κ2) is 5.99. The molecule has 2 aliphatic rings. The van der Waals surface area contributed by atoms with E-state index in [4.69, 9.17) is 0 Å². The van der Waals surface area contributed by atoms with Gasteiger partial charge in [0.25, 0.3) is 0 Å². The van der Waals surface area contributed by atoms with E-state index in [1.807, 2.05) is 0 Å². The Morgan fingerprint density at radius 1 is 1.19 bits per heavy atom. The van der Waals surface area contributed by atoms with Crippen LogP contribution in [0.1, 0.15) is 32.6 Å². The molecule has 0 aliphatic carbocycles. The summed E-state index contributed by atoms with van der Waals surface area (Å²) in [7, 11) is 2.28. The van der Waals surface area contributed by atoms with E-state index >= 15 is 0 Å². The summed E-state index contributed by atoms with van der Waals surface area (Å²) in [6.07, 6.45) is 5.53. The molecule has 94 valence electrons. The summed E-state index contributed by atoms with van der Waals surface area (Å²) in [6, 6.07) is 1.56. The number of nitrogens with one attached hydrogen (secondary N) is 1. The smallest absolute Gasteiger partial charge is 0.0220 e. The largest absolute Gasteiger partial charge is 0.313 e. The Morgan fingerprint density at radius 3 is 2.69 bits per heavy atom. The molecule has 0 bridgehead atoms. The Balaban J connectivity index is 1.76. The normalized spacial score (nSPS) is 33.4. The molecule has 2 atom stereocenters. The van der Waals surface area contributed by atoms with Crippen molar-refractivity contribution < 1.29 is 0 Å². The minimum absolute atomic E-state index is 0.741. The number of nitrogens with zero attached hydrogens (tertiary/aromatic N) is 2. The summed E-state index contributed by atoms with van der Waals surface area (Å²) in [6.45, 7) is 8.49. The molecule has 0 amide bonds. The van der Waals surface area contributed by atoms with Crippen LogP contribution in [0.4, 0.5) is 0 Å². The molecule has 0 aromatic rings. The zero-order chi connectivity index (χ0) is 11.4. The van der Waals surface area contributed by atoms with Crippen molar-refractivity contribution in [3.8, 4) is 0 Å². The Morgan fingerprint density at radius 2 is 2.00 bits per heavy atom. The van der Waals surface area contributed by atoms with Crippen LogP contribution in [-0.4, -0.2) is 61.7 Å². The van der Waals surface area contributed by atoms with Gasteiger partial charge in [-0.3, -0.25) is 0 Å². The molecule has 0 aromatic carbocycles. The van der Waals surface area contributed by atoms with Crippen LogP contribution in [0, 0.1) is 0 Å². The predicted octanol–water partition coefficient (Wildman–Crippen LogP) is 1.15. The lowest BCUT2D eigenvalue weighted by atomic mass is 10.0. The number of likely N-dealkylation sites (tertiary alicyclic amines) is 2. The molecular weight excluding hydrogens is 198 g/mol. The fourth-order valence-corrected chi connectivity index (χ4v) is 3.18. The van der Waals surface area contributed by atoms with E-state index in [2.05, 4.69) is 29.1 Å². The fraction of sp³-hybridized carbons (Fsp3) is 1.00. The van der Waals surface area contributed by atoms with Crippen molar-refractivity contribution in [2.24, 2.45) is 0 Å². The lowest BCUT2D eigenvalue weighted by Crippen LogP contribution is -2.49. The Kier molecular flexibility index (Phi) is 4.62. The third kappa shape index (κ3) is 3.19. The molecule has 2 fully saturated rings. The first kappa shape index (κ1) is 12.3. The minimum atomic E-state index is 0.741. The maximum Gasteiger partial charge on any atom is 0.0220 e. The predicted molar refractivity (Wildman–Crippen MR) is 68.8 cm³/mol. The van der Waals surface area contributed by atoms with Gasteiger partial charge >= 0.3 is 0 Å². The highest BCUT2D eigenvalue weighted by Crippen LogP contribution is 2.18. The van der Waals surface area contributed by atoms with Crippen molar-refractivity contribution in [1.82, 2.24) is 15.1 Å². The molecule has 1 N–H and O–H groups in total. The molecule has 0 saturated carbocycles. The van der Waals surface area contributed by atoms with E-state index < -0.39 is 0 Å². The third-order valence-corrected chi connectivity index (χ3v) is 4.14. The summed E-state index contributed by atoms with van der Waals surface area (Å²) in [5.74, 6) is 0. The Hall–Kier alpha value is -0.120. The average Bonchev–Trinajstić information content (AvgIpc) is 2.66. The van der Waals surface area contributed by atoms with Crippen molar-refractivity contribution in [3.63, 3.8) is 0 Å². The Bertz CT molecular complexity index is 205. The highest BCUT2D eigenvalue weighted by atomic mass is 15.2. The van der Waals surface area contributed by atoms with Gasteiger partial charge in [-0.1, -0.05) is 6.92 Å². The maximum atomic E-state index is 3.60. The van der Waals surface area contributed by atoms with Crippen molar-refractivity contribution >= 4 is 0 Å². The van der Waals surface area contributed by atoms with Gasteiger partial charge in [0, 0.05) is 25.2 Å². The topological polar surface area (TPSA) is 18.5 Å². The number of likely N-dealkylation sites (N-methyl/N-ethyl adjacent to an activating group) is 2. The zero-order valence-corrected chi connectivity index (χ0v) is 10.9. The monoisotopic (exact) mass is 225 g/mol. The minimum Gasteiger partial charge on any atom is -0.313 e. The second-order valence-corrected chi connectivity index (χ2v) is 5.43. The molecule has 16 heavy (non-hydrogen) atoms. The van der Waals surface area contributed by atoms with Crippen LogP contribution in [0.5, 0.6) is 0 Å². The molecule has 3 nitrogen and oxygen atoms in total. The number of hydrogen-bond acceptors (Lipinski definition) is 3. The zero-order valence-electron chi connectivity index (χ0n) is 10.9.